The summed E-state index contributed by atoms with van der Waals surface area (Å²) < 4.78 is 4.17. The van der Waals surface area contributed by atoms with E-state index in [1.165, 1.54) is 11.5 Å². The lowest BCUT2D eigenvalue weighted by Crippen LogP contribution is -2.32. The van der Waals surface area contributed by atoms with Gasteiger partial charge >= 0.3 is 0 Å². The largest absolute Gasteiger partial charge is 0.393 e. The summed E-state index contributed by atoms with van der Waals surface area (Å²) in [6.07, 6.45) is 2.61. The van der Waals surface area contributed by atoms with Crippen LogP contribution in [0.1, 0.15) is 35.3 Å². The van der Waals surface area contributed by atoms with Crippen molar-refractivity contribution in [3.63, 3.8) is 0 Å². The molecule has 2 unspecified atom stereocenters. The molecule has 18 heavy (non-hydrogen) atoms. The molecule has 0 aliphatic heterocycles. The molecule has 5 nitrogen and oxygen atoms in total. The van der Waals surface area contributed by atoms with E-state index in [-0.39, 0.29) is 17.9 Å². The normalized spacial score (nSPS) is 23.1. The quantitative estimate of drug-likeness (QED) is 0.772. The van der Waals surface area contributed by atoms with E-state index in [4.69, 9.17) is 0 Å². The number of amides is 1. The number of anilines is 1. The van der Waals surface area contributed by atoms with Gasteiger partial charge in [0.05, 0.1) is 17.4 Å². The second-order valence-electron chi connectivity index (χ2n) is 4.69. The van der Waals surface area contributed by atoms with Gasteiger partial charge in [0, 0.05) is 19.5 Å². The number of aromatic nitrogens is 1. The minimum Gasteiger partial charge on any atom is -0.393 e. The van der Waals surface area contributed by atoms with E-state index in [1.807, 2.05) is 6.92 Å². The Hall–Kier alpha value is -1.14. The summed E-state index contributed by atoms with van der Waals surface area (Å²) in [7, 11) is 1.78. The Bertz CT molecular complexity index is 433. The van der Waals surface area contributed by atoms with Crippen LogP contribution in [0.4, 0.5) is 5.00 Å². The number of carbonyl (C=O) groups excluding carboxylic acids is 1. The van der Waals surface area contributed by atoms with Crippen LogP contribution in [0.2, 0.25) is 0 Å². The number of rotatable bonds is 4. The highest BCUT2D eigenvalue weighted by Gasteiger charge is 2.26. The zero-order valence-corrected chi connectivity index (χ0v) is 11.5. The number of carbonyl (C=O) groups is 1. The average molecular weight is 269 g/mol. The smallest absolute Gasteiger partial charge is 0.256 e. The topological polar surface area (TPSA) is 74.2 Å². The zero-order chi connectivity index (χ0) is 13.1. The van der Waals surface area contributed by atoms with Crippen molar-refractivity contribution in [2.24, 2.45) is 5.92 Å². The maximum Gasteiger partial charge on any atom is 0.256 e. The standard InChI is InChI=1S/C12H19N3O2S/c1-7-10(12(13-2)18-15-7)11(17)14-6-8-4-3-5-9(8)16/h8-9,13,16H,3-6H2,1-2H3,(H,14,17). The van der Waals surface area contributed by atoms with E-state index in [0.717, 1.165) is 30.0 Å². The molecule has 1 fully saturated rings. The van der Waals surface area contributed by atoms with Crippen molar-refractivity contribution >= 4 is 22.4 Å². The molecule has 3 N–H and O–H groups in total. The van der Waals surface area contributed by atoms with Gasteiger partial charge in [-0.2, -0.15) is 4.37 Å². The maximum absolute atomic E-state index is 12.1. The lowest BCUT2D eigenvalue weighted by molar-refractivity contribution is 0.0917. The lowest BCUT2D eigenvalue weighted by Gasteiger charge is -2.15. The van der Waals surface area contributed by atoms with Gasteiger partial charge in [0.2, 0.25) is 0 Å². The molecule has 0 saturated heterocycles. The van der Waals surface area contributed by atoms with Crippen LogP contribution in [-0.2, 0) is 0 Å². The first-order chi connectivity index (χ1) is 8.63. The van der Waals surface area contributed by atoms with Gasteiger partial charge in [0.15, 0.2) is 0 Å². The molecule has 0 radical (unpaired) electrons. The highest BCUT2D eigenvalue weighted by Crippen LogP contribution is 2.26. The Kier molecular flexibility index (Phi) is 4.19. The van der Waals surface area contributed by atoms with Crippen molar-refractivity contribution < 1.29 is 9.90 Å². The van der Waals surface area contributed by atoms with Gasteiger partial charge in [0.25, 0.3) is 5.91 Å². The average Bonchev–Trinajstić information content (AvgIpc) is 2.92. The van der Waals surface area contributed by atoms with Crippen molar-refractivity contribution in [2.45, 2.75) is 32.3 Å². The first-order valence-corrected chi connectivity index (χ1v) is 7.01. The SMILES string of the molecule is CNc1snc(C)c1C(=O)NCC1CCCC1O. The molecule has 0 bridgehead atoms. The predicted molar refractivity (Wildman–Crippen MR) is 72.1 cm³/mol. The second-order valence-corrected chi connectivity index (χ2v) is 5.46. The Balaban J connectivity index is 1.97. The summed E-state index contributed by atoms with van der Waals surface area (Å²) in [5, 5.41) is 16.4. The summed E-state index contributed by atoms with van der Waals surface area (Å²) in [5.74, 6) is 0.0867. The number of aryl methyl sites for hydroxylation is 1. The van der Waals surface area contributed by atoms with Crippen LogP contribution in [0.5, 0.6) is 0 Å². The Morgan fingerprint density at radius 2 is 2.33 bits per heavy atom. The third-order valence-corrected chi connectivity index (χ3v) is 4.42. The highest BCUT2D eigenvalue weighted by molar-refractivity contribution is 7.10. The fraction of sp³-hybridized carbons (Fsp3) is 0.667. The van der Waals surface area contributed by atoms with Crippen LogP contribution < -0.4 is 10.6 Å². The second kappa shape index (κ2) is 5.67. The molecule has 100 valence electrons. The van der Waals surface area contributed by atoms with E-state index < -0.39 is 0 Å². The molecule has 2 atom stereocenters. The lowest BCUT2D eigenvalue weighted by atomic mass is 10.1. The molecule has 1 aromatic heterocycles. The molecule has 1 aliphatic rings. The van der Waals surface area contributed by atoms with Crippen molar-refractivity contribution in [1.29, 1.82) is 0 Å². The third kappa shape index (κ3) is 2.64. The van der Waals surface area contributed by atoms with E-state index in [0.29, 0.717) is 12.1 Å². The molecule has 1 heterocycles. The number of aliphatic hydroxyl groups is 1. The van der Waals surface area contributed by atoms with Crippen LogP contribution >= 0.6 is 11.5 Å². The number of aliphatic hydroxyl groups excluding tert-OH is 1. The van der Waals surface area contributed by atoms with Gasteiger partial charge in [-0.15, -0.1) is 0 Å². The molecular formula is C12H19N3O2S. The van der Waals surface area contributed by atoms with E-state index >= 15 is 0 Å². The number of hydrogen-bond acceptors (Lipinski definition) is 5. The molecule has 6 heteroatoms. The molecule has 1 amide bonds. The van der Waals surface area contributed by atoms with Gasteiger partial charge in [-0.05, 0) is 31.3 Å². The number of hydrogen-bond donors (Lipinski definition) is 3. The monoisotopic (exact) mass is 269 g/mol. The summed E-state index contributed by atoms with van der Waals surface area (Å²) in [6.45, 7) is 2.37. The molecule has 0 aromatic carbocycles. The summed E-state index contributed by atoms with van der Waals surface area (Å²) in [4.78, 5) is 12.1. The van der Waals surface area contributed by atoms with Crippen molar-refractivity contribution in [3.8, 4) is 0 Å². The Morgan fingerprint density at radius 3 is 2.94 bits per heavy atom. The van der Waals surface area contributed by atoms with Gasteiger partial charge in [-0.3, -0.25) is 4.79 Å². The number of nitrogens with zero attached hydrogens (tertiary/aromatic N) is 1. The predicted octanol–water partition coefficient (Wildman–Crippen LogP) is 1.38. The Labute approximate surface area is 111 Å². The van der Waals surface area contributed by atoms with E-state index in [2.05, 4.69) is 15.0 Å². The van der Waals surface area contributed by atoms with Gasteiger partial charge in [-0.25, -0.2) is 0 Å². The first-order valence-electron chi connectivity index (χ1n) is 6.23. The molecular weight excluding hydrogens is 250 g/mol. The molecule has 2 rings (SSSR count). The van der Waals surface area contributed by atoms with Crippen LogP contribution in [0.25, 0.3) is 0 Å². The fourth-order valence-corrected chi connectivity index (χ4v) is 3.12. The molecule has 1 aliphatic carbocycles. The summed E-state index contributed by atoms with van der Waals surface area (Å²) >= 11 is 1.29. The minimum absolute atomic E-state index is 0.107. The van der Waals surface area contributed by atoms with Crippen LogP contribution in [0.3, 0.4) is 0 Å². The van der Waals surface area contributed by atoms with E-state index in [9.17, 15) is 9.90 Å². The summed E-state index contributed by atoms with van der Waals surface area (Å²) in [5.41, 5.74) is 1.36. The zero-order valence-electron chi connectivity index (χ0n) is 10.7. The van der Waals surface area contributed by atoms with Crippen LogP contribution in [0, 0.1) is 12.8 Å². The number of nitrogens with one attached hydrogen (secondary N) is 2. The van der Waals surface area contributed by atoms with E-state index in [1.54, 1.807) is 7.05 Å². The molecule has 0 spiro atoms. The van der Waals surface area contributed by atoms with Gasteiger partial charge in [0.1, 0.15) is 5.00 Å². The van der Waals surface area contributed by atoms with Gasteiger partial charge in [-0.1, -0.05) is 6.42 Å². The van der Waals surface area contributed by atoms with Crippen LogP contribution in [-0.4, -0.2) is 35.1 Å². The Morgan fingerprint density at radius 1 is 1.56 bits per heavy atom. The first kappa shape index (κ1) is 13.3. The third-order valence-electron chi connectivity index (χ3n) is 3.46. The maximum atomic E-state index is 12.1. The summed E-state index contributed by atoms with van der Waals surface area (Å²) in [6, 6.07) is 0. The van der Waals surface area contributed by atoms with Crippen molar-refractivity contribution in [2.75, 3.05) is 18.9 Å². The minimum atomic E-state index is -0.268. The fourth-order valence-electron chi connectivity index (χ4n) is 2.38. The molecule has 1 aromatic rings. The van der Waals surface area contributed by atoms with Gasteiger partial charge < -0.3 is 15.7 Å². The highest BCUT2D eigenvalue weighted by atomic mass is 32.1. The van der Waals surface area contributed by atoms with Crippen LogP contribution in [0.15, 0.2) is 0 Å². The van der Waals surface area contributed by atoms with Crippen molar-refractivity contribution in [1.82, 2.24) is 9.69 Å². The molecule has 1 saturated carbocycles. The van der Waals surface area contributed by atoms with Crippen molar-refractivity contribution in [3.05, 3.63) is 11.3 Å².